The first-order valence-corrected chi connectivity index (χ1v) is 11.7. The van der Waals surface area contributed by atoms with E-state index in [1.54, 1.807) is 0 Å². The summed E-state index contributed by atoms with van der Waals surface area (Å²) < 4.78 is 0. The van der Waals surface area contributed by atoms with Crippen LogP contribution in [0.1, 0.15) is 73.2 Å². The summed E-state index contributed by atoms with van der Waals surface area (Å²) in [5.41, 5.74) is 2.86. The number of halogens is 2. The van der Waals surface area contributed by atoms with E-state index in [0.29, 0.717) is 9.65 Å². The fraction of sp³-hybridized carbons (Fsp3) is 0.417. The topological polar surface area (TPSA) is 0 Å². The van der Waals surface area contributed by atoms with Crippen molar-refractivity contribution >= 4 is 53.4 Å². The first kappa shape index (κ1) is 19.9. The van der Waals surface area contributed by atoms with Gasteiger partial charge in [0.1, 0.15) is 0 Å². The predicted octanol–water partition coefficient (Wildman–Crippen LogP) is 9.25. The van der Waals surface area contributed by atoms with Gasteiger partial charge in [-0.05, 0) is 57.6 Å². The number of alkyl halides is 2. The summed E-state index contributed by atoms with van der Waals surface area (Å²) in [5, 5.41) is 5.46. The molecule has 0 radical (unpaired) electrons. The molecule has 0 aliphatic rings. The maximum Gasteiger partial charge on any atom is 0.0401 e. The number of unbranched alkanes of at least 4 members (excludes halogenated alkanes) is 2. The lowest BCUT2D eigenvalue weighted by molar-refractivity contribution is 0.711. The van der Waals surface area contributed by atoms with E-state index in [9.17, 15) is 0 Å². The van der Waals surface area contributed by atoms with Crippen LogP contribution in [0.5, 0.6) is 0 Å². The van der Waals surface area contributed by atoms with E-state index in [1.807, 2.05) is 0 Å². The molecular weight excluding hydrogens is 448 g/mol. The van der Waals surface area contributed by atoms with Crippen LogP contribution in [0, 0.1) is 0 Å². The molecule has 0 nitrogen and oxygen atoms in total. The molecule has 0 aliphatic heterocycles. The summed E-state index contributed by atoms with van der Waals surface area (Å²) >= 11 is 7.93. The molecule has 0 N–H and O–H groups in total. The summed E-state index contributed by atoms with van der Waals surface area (Å²) in [6, 6.07) is 18.2. The highest BCUT2D eigenvalue weighted by molar-refractivity contribution is 9.09. The van der Waals surface area contributed by atoms with Gasteiger partial charge in [-0.25, -0.2) is 0 Å². The van der Waals surface area contributed by atoms with Gasteiger partial charge in [0.05, 0.1) is 0 Å². The molecule has 3 rings (SSSR count). The van der Waals surface area contributed by atoms with Crippen molar-refractivity contribution < 1.29 is 0 Å². The van der Waals surface area contributed by atoms with Gasteiger partial charge < -0.3 is 0 Å². The van der Waals surface area contributed by atoms with E-state index in [0.717, 1.165) is 0 Å². The van der Waals surface area contributed by atoms with Crippen LogP contribution in [0.3, 0.4) is 0 Å². The molecule has 0 fully saturated rings. The van der Waals surface area contributed by atoms with Gasteiger partial charge >= 0.3 is 0 Å². The second-order valence-electron chi connectivity index (χ2n) is 7.21. The van der Waals surface area contributed by atoms with Crippen LogP contribution in [-0.4, -0.2) is 0 Å². The van der Waals surface area contributed by atoms with Crippen molar-refractivity contribution in [2.24, 2.45) is 0 Å². The molecule has 0 heterocycles. The highest BCUT2D eigenvalue weighted by Gasteiger charge is 2.17. The standard InChI is InChI=1S/C24H28Br2/c1-3-5-11-23(25)19-13-14-20(24(26)12-6-4-2)22-16-18-10-8-7-9-17(18)15-21(19)22/h7-10,13-16,23-24H,3-6,11-12H2,1-2H3. The number of hydrogen-bond donors (Lipinski definition) is 0. The summed E-state index contributed by atoms with van der Waals surface area (Å²) in [5.74, 6) is 0. The molecule has 2 unspecified atom stereocenters. The SMILES string of the molecule is CCCCC(Br)c1ccc(C(Br)CCCC)c2cc3ccccc3cc12. The van der Waals surface area contributed by atoms with E-state index >= 15 is 0 Å². The molecule has 2 atom stereocenters. The van der Waals surface area contributed by atoms with Gasteiger partial charge in [0, 0.05) is 9.65 Å². The molecule has 0 spiro atoms. The molecule has 0 aromatic heterocycles. The molecule has 3 aromatic carbocycles. The molecule has 0 saturated carbocycles. The van der Waals surface area contributed by atoms with Crippen molar-refractivity contribution in [1.82, 2.24) is 0 Å². The highest BCUT2D eigenvalue weighted by Crippen LogP contribution is 2.41. The van der Waals surface area contributed by atoms with Crippen LogP contribution in [-0.2, 0) is 0 Å². The third-order valence-corrected chi connectivity index (χ3v) is 7.15. The lowest BCUT2D eigenvalue weighted by atomic mass is 9.91. The first-order valence-electron chi connectivity index (χ1n) is 9.89. The minimum Gasteiger partial charge on any atom is -0.0839 e. The molecule has 138 valence electrons. The Morgan fingerprint density at radius 1 is 0.692 bits per heavy atom. The van der Waals surface area contributed by atoms with Crippen molar-refractivity contribution in [3.8, 4) is 0 Å². The summed E-state index contributed by atoms with van der Waals surface area (Å²) in [7, 11) is 0. The maximum absolute atomic E-state index is 3.96. The van der Waals surface area contributed by atoms with Gasteiger partial charge in [0.2, 0.25) is 0 Å². The number of fused-ring (bicyclic) bond motifs is 2. The second kappa shape index (κ2) is 9.37. The van der Waals surface area contributed by atoms with Crippen molar-refractivity contribution in [2.45, 2.75) is 62.0 Å². The molecule has 26 heavy (non-hydrogen) atoms. The molecule has 0 amide bonds. The van der Waals surface area contributed by atoms with Gasteiger partial charge in [-0.2, -0.15) is 0 Å². The Kier molecular flexibility index (Phi) is 7.17. The fourth-order valence-corrected chi connectivity index (χ4v) is 5.15. The minimum absolute atomic E-state index is 0.421. The largest absolute Gasteiger partial charge is 0.0839 e. The Balaban J connectivity index is 2.16. The average molecular weight is 476 g/mol. The lowest BCUT2D eigenvalue weighted by Gasteiger charge is -2.19. The van der Waals surface area contributed by atoms with E-state index in [1.165, 1.54) is 71.2 Å². The van der Waals surface area contributed by atoms with E-state index < -0.39 is 0 Å². The van der Waals surface area contributed by atoms with Crippen molar-refractivity contribution in [3.05, 3.63) is 59.7 Å². The van der Waals surface area contributed by atoms with Crippen LogP contribution in [0.15, 0.2) is 48.5 Å². The van der Waals surface area contributed by atoms with Crippen LogP contribution in [0.4, 0.5) is 0 Å². The molecule has 0 bridgehead atoms. The van der Waals surface area contributed by atoms with Gasteiger partial charge in [0.15, 0.2) is 0 Å². The Hall–Kier alpha value is -0.860. The first-order chi connectivity index (χ1) is 12.7. The van der Waals surface area contributed by atoms with Gasteiger partial charge in [0.25, 0.3) is 0 Å². The van der Waals surface area contributed by atoms with E-state index in [2.05, 4.69) is 94.2 Å². The zero-order valence-corrected chi connectivity index (χ0v) is 18.9. The third-order valence-electron chi connectivity index (χ3n) is 5.25. The van der Waals surface area contributed by atoms with E-state index in [-0.39, 0.29) is 0 Å². The van der Waals surface area contributed by atoms with Crippen LogP contribution >= 0.6 is 31.9 Å². The third kappa shape index (κ3) is 4.34. The summed E-state index contributed by atoms with van der Waals surface area (Å²) in [6.07, 6.45) is 7.36. The Morgan fingerprint density at radius 3 is 1.50 bits per heavy atom. The molecule has 0 aliphatic carbocycles. The fourth-order valence-electron chi connectivity index (χ4n) is 3.70. The summed E-state index contributed by atoms with van der Waals surface area (Å²) in [4.78, 5) is 0.842. The number of hydrogen-bond acceptors (Lipinski definition) is 0. The van der Waals surface area contributed by atoms with Crippen LogP contribution < -0.4 is 0 Å². The van der Waals surface area contributed by atoms with Crippen LogP contribution in [0.25, 0.3) is 21.5 Å². The van der Waals surface area contributed by atoms with Gasteiger partial charge in [-0.3, -0.25) is 0 Å². The minimum atomic E-state index is 0.421. The molecule has 3 aromatic rings. The normalized spacial score (nSPS) is 14.0. The second-order valence-corrected chi connectivity index (χ2v) is 9.42. The van der Waals surface area contributed by atoms with Gasteiger partial charge in [-0.15, -0.1) is 0 Å². The van der Waals surface area contributed by atoms with Crippen molar-refractivity contribution in [3.63, 3.8) is 0 Å². The monoisotopic (exact) mass is 474 g/mol. The Bertz CT molecular complexity index is 797. The van der Waals surface area contributed by atoms with Crippen molar-refractivity contribution in [1.29, 1.82) is 0 Å². The lowest BCUT2D eigenvalue weighted by Crippen LogP contribution is -1.98. The highest BCUT2D eigenvalue weighted by atomic mass is 79.9. The molecule has 2 heteroatoms. The smallest absolute Gasteiger partial charge is 0.0401 e. The predicted molar refractivity (Wildman–Crippen MR) is 124 cm³/mol. The molecule has 0 saturated heterocycles. The van der Waals surface area contributed by atoms with Crippen LogP contribution in [0.2, 0.25) is 0 Å². The zero-order valence-electron chi connectivity index (χ0n) is 15.8. The quantitative estimate of drug-likeness (QED) is 0.225. The number of benzene rings is 3. The maximum atomic E-state index is 3.96. The Morgan fingerprint density at radius 2 is 1.12 bits per heavy atom. The van der Waals surface area contributed by atoms with E-state index in [4.69, 9.17) is 0 Å². The Labute approximate surface area is 174 Å². The van der Waals surface area contributed by atoms with Crippen molar-refractivity contribution in [2.75, 3.05) is 0 Å². The number of rotatable bonds is 8. The molecular formula is C24H28Br2. The summed E-state index contributed by atoms with van der Waals surface area (Å²) in [6.45, 7) is 4.52. The zero-order chi connectivity index (χ0) is 18.5. The van der Waals surface area contributed by atoms with Gasteiger partial charge in [-0.1, -0.05) is 108 Å². The average Bonchev–Trinajstić information content (AvgIpc) is 2.67.